The van der Waals surface area contributed by atoms with Crippen LogP contribution >= 0.6 is 0 Å². The van der Waals surface area contributed by atoms with E-state index in [4.69, 9.17) is 19.3 Å². The molecule has 3 aromatic carbocycles. The smallest absolute Gasteiger partial charge is 0.408 e. The molecule has 2 atom stereocenters. The van der Waals surface area contributed by atoms with E-state index in [-0.39, 0.29) is 11.8 Å². The van der Waals surface area contributed by atoms with E-state index in [0.29, 0.717) is 12.4 Å². The average molecular weight is 766 g/mol. The Balaban J connectivity index is 1.18. The number of fused-ring (bicyclic) bond motifs is 1. The van der Waals surface area contributed by atoms with Crippen molar-refractivity contribution in [3.63, 3.8) is 0 Å². The van der Waals surface area contributed by atoms with Crippen molar-refractivity contribution in [1.82, 2.24) is 20.0 Å². The summed E-state index contributed by atoms with van der Waals surface area (Å²) >= 11 is 0. The van der Waals surface area contributed by atoms with Crippen molar-refractivity contribution in [2.75, 3.05) is 38.2 Å². The Bertz CT molecular complexity index is 1940. The number of morpholine rings is 1. The van der Waals surface area contributed by atoms with E-state index in [1.54, 1.807) is 0 Å². The molecule has 2 amide bonds. The predicted octanol–water partition coefficient (Wildman–Crippen LogP) is 8.54. The summed E-state index contributed by atoms with van der Waals surface area (Å²) < 4.78 is 19.1. The zero-order valence-corrected chi connectivity index (χ0v) is 35.0. The summed E-state index contributed by atoms with van der Waals surface area (Å²) in [5.41, 5.74) is 9.71. The lowest BCUT2D eigenvalue weighted by atomic mass is 9.90. The van der Waals surface area contributed by atoms with Gasteiger partial charge in [0.1, 0.15) is 18.4 Å². The van der Waals surface area contributed by atoms with Crippen LogP contribution in [-0.4, -0.2) is 79.3 Å². The highest BCUT2D eigenvalue weighted by molar-refractivity contribution is 6.76. The summed E-state index contributed by atoms with van der Waals surface area (Å²) in [5, 5.41) is 10.8. The number of aromatic nitrogens is 2. The monoisotopic (exact) mass is 765 g/mol. The SMILES string of the molecule is Cc1nn(COCC[Si](C)(C)C)c(C)c1-c1ccc(NC(=O)C(NC(=O)OC(C)(C)C)[C@@H]2CCc3ccc(-c4ccc(CN5CCOCC5)cc4)cc32)cc1. The van der Waals surface area contributed by atoms with E-state index in [1.165, 1.54) is 11.1 Å². The summed E-state index contributed by atoms with van der Waals surface area (Å²) in [4.78, 5) is 29.8. The molecule has 1 aliphatic carbocycles. The van der Waals surface area contributed by atoms with Gasteiger partial charge in [0.15, 0.2) is 0 Å². The molecule has 1 unspecified atom stereocenters. The van der Waals surface area contributed by atoms with Gasteiger partial charge in [0.2, 0.25) is 5.91 Å². The van der Waals surface area contributed by atoms with E-state index >= 15 is 0 Å². The van der Waals surface area contributed by atoms with Gasteiger partial charge in [-0.1, -0.05) is 74.2 Å². The second-order valence-corrected chi connectivity index (χ2v) is 22.8. The number of aryl methyl sites for hydroxylation is 2. The fourth-order valence-corrected chi connectivity index (χ4v) is 8.23. The van der Waals surface area contributed by atoms with E-state index in [0.717, 1.165) is 97.5 Å². The van der Waals surface area contributed by atoms with E-state index in [9.17, 15) is 9.59 Å². The van der Waals surface area contributed by atoms with Gasteiger partial charge in [0, 0.05) is 57.2 Å². The fraction of sp³-hybridized carbons (Fsp3) is 0.477. The molecule has 0 radical (unpaired) electrons. The zero-order chi connectivity index (χ0) is 39.3. The van der Waals surface area contributed by atoms with Crippen LogP contribution in [0.5, 0.6) is 0 Å². The first-order valence-electron chi connectivity index (χ1n) is 19.7. The average Bonchev–Trinajstić information content (AvgIpc) is 3.67. The number of hydrogen-bond donors (Lipinski definition) is 2. The topological polar surface area (TPSA) is 107 Å². The van der Waals surface area contributed by atoms with Crippen molar-refractivity contribution < 1.29 is 23.8 Å². The highest BCUT2D eigenvalue weighted by Crippen LogP contribution is 2.39. The second-order valence-electron chi connectivity index (χ2n) is 17.2. The molecule has 2 heterocycles. The minimum atomic E-state index is -1.17. The molecule has 2 N–H and O–H groups in total. The molecule has 11 heteroatoms. The van der Waals surface area contributed by atoms with Gasteiger partial charge in [-0.15, -0.1) is 0 Å². The Morgan fingerprint density at radius 2 is 1.62 bits per heavy atom. The first kappa shape index (κ1) is 40.4. The number of benzene rings is 3. The summed E-state index contributed by atoms with van der Waals surface area (Å²) in [5.74, 6) is -0.517. The summed E-state index contributed by atoms with van der Waals surface area (Å²) in [7, 11) is -1.17. The first-order chi connectivity index (χ1) is 26.1. The summed E-state index contributed by atoms with van der Waals surface area (Å²) in [6, 6.07) is 23.3. The van der Waals surface area contributed by atoms with E-state index in [1.807, 2.05) is 56.6 Å². The van der Waals surface area contributed by atoms with Gasteiger partial charge < -0.3 is 24.8 Å². The van der Waals surface area contributed by atoms with Crippen molar-refractivity contribution in [1.29, 1.82) is 0 Å². The normalized spacial score (nSPS) is 16.8. The molecule has 10 nitrogen and oxygen atoms in total. The quantitative estimate of drug-likeness (QED) is 0.104. The number of ether oxygens (including phenoxy) is 3. The van der Waals surface area contributed by atoms with Gasteiger partial charge in [0.25, 0.3) is 0 Å². The van der Waals surface area contributed by atoms with Gasteiger partial charge in [-0.2, -0.15) is 5.10 Å². The lowest BCUT2D eigenvalue weighted by molar-refractivity contribution is -0.118. The number of alkyl carbamates (subject to hydrolysis) is 1. The van der Waals surface area contributed by atoms with Crippen LogP contribution in [0.15, 0.2) is 66.7 Å². The Morgan fingerprint density at radius 1 is 0.945 bits per heavy atom. The minimum Gasteiger partial charge on any atom is -0.444 e. The number of anilines is 1. The summed E-state index contributed by atoms with van der Waals surface area (Å²) in [6.07, 6.45) is 0.938. The van der Waals surface area contributed by atoms with Gasteiger partial charge in [-0.3, -0.25) is 9.69 Å². The lowest BCUT2D eigenvalue weighted by Gasteiger charge is -2.27. The molecule has 2 aliphatic rings. The number of hydrogen-bond acceptors (Lipinski definition) is 7. The van der Waals surface area contributed by atoms with E-state index in [2.05, 4.69) is 84.6 Å². The molecule has 1 saturated heterocycles. The van der Waals surface area contributed by atoms with Gasteiger partial charge in [-0.25, -0.2) is 9.48 Å². The first-order valence-corrected chi connectivity index (χ1v) is 23.4. The van der Waals surface area contributed by atoms with Crippen LogP contribution in [0.2, 0.25) is 25.7 Å². The molecular formula is C44H59N5O5Si. The number of nitrogens with zero attached hydrogens (tertiary/aromatic N) is 3. The number of carbonyl (C=O) groups excluding carboxylic acids is 2. The molecule has 1 aromatic heterocycles. The largest absolute Gasteiger partial charge is 0.444 e. The number of nitrogens with one attached hydrogen (secondary N) is 2. The lowest BCUT2D eigenvalue weighted by Crippen LogP contribution is -2.48. The predicted molar refractivity (Wildman–Crippen MR) is 222 cm³/mol. The van der Waals surface area contributed by atoms with Crippen molar-refractivity contribution in [2.24, 2.45) is 0 Å². The number of carbonyl (C=O) groups is 2. The van der Waals surface area contributed by atoms with Crippen molar-refractivity contribution in [3.8, 4) is 22.3 Å². The molecule has 0 saturated carbocycles. The second kappa shape index (κ2) is 17.2. The molecule has 294 valence electrons. The zero-order valence-electron chi connectivity index (χ0n) is 34.0. The minimum absolute atomic E-state index is 0.230. The molecule has 0 bridgehead atoms. The Labute approximate surface area is 327 Å². The van der Waals surface area contributed by atoms with Gasteiger partial charge in [0.05, 0.1) is 18.9 Å². The van der Waals surface area contributed by atoms with E-state index < -0.39 is 25.8 Å². The Hall–Kier alpha value is -4.29. The van der Waals surface area contributed by atoms with Crippen LogP contribution in [0.4, 0.5) is 10.5 Å². The summed E-state index contributed by atoms with van der Waals surface area (Å²) in [6.45, 7) is 22.1. The molecule has 6 rings (SSSR count). The highest BCUT2D eigenvalue weighted by Gasteiger charge is 2.37. The standard InChI is InChI=1S/C44H59N5O5Si/c1-30-40(31(2)49(47-30)29-53-25-26-55(6,7)8)35-15-18-37(19-16-35)45-42(50)41(46-43(51)54-44(3,4)5)38-20-17-34-13-14-36(27-39(34)38)33-11-9-32(10-12-33)28-48-21-23-52-24-22-48/h9-16,18-19,27,38,41H,17,20-26,28-29H2,1-8H3,(H,45,50)(H,46,51)/t38-,41?/m1/s1. The van der Waals surface area contributed by atoms with Crippen molar-refractivity contribution in [3.05, 3.63) is 94.8 Å². The molecule has 1 aliphatic heterocycles. The van der Waals surface area contributed by atoms with Crippen LogP contribution in [0.1, 0.15) is 61.2 Å². The third kappa shape index (κ3) is 10.7. The maximum Gasteiger partial charge on any atom is 0.408 e. The fourth-order valence-electron chi connectivity index (χ4n) is 7.47. The van der Waals surface area contributed by atoms with Gasteiger partial charge >= 0.3 is 6.09 Å². The Kier molecular flexibility index (Phi) is 12.7. The third-order valence-electron chi connectivity index (χ3n) is 10.5. The molecule has 4 aromatic rings. The Morgan fingerprint density at radius 3 is 2.29 bits per heavy atom. The molecule has 55 heavy (non-hydrogen) atoms. The third-order valence-corrected chi connectivity index (χ3v) is 12.2. The van der Waals surface area contributed by atoms with Crippen molar-refractivity contribution in [2.45, 2.75) is 104 Å². The van der Waals surface area contributed by atoms with Crippen LogP contribution in [0, 0.1) is 13.8 Å². The van der Waals surface area contributed by atoms with Crippen LogP contribution < -0.4 is 10.6 Å². The van der Waals surface area contributed by atoms with Crippen LogP contribution in [0.3, 0.4) is 0 Å². The maximum absolute atomic E-state index is 14.2. The van der Waals surface area contributed by atoms with Crippen LogP contribution in [-0.2, 0) is 38.7 Å². The molecule has 0 spiro atoms. The highest BCUT2D eigenvalue weighted by atomic mass is 28.3. The van der Waals surface area contributed by atoms with Crippen LogP contribution in [0.25, 0.3) is 22.3 Å². The maximum atomic E-state index is 14.2. The molecule has 1 fully saturated rings. The van der Waals surface area contributed by atoms with Crippen molar-refractivity contribution >= 4 is 25.8 Å². The molecular weight excluding hydrogens is 707 g/mol. The van der Waals surface area contributed by atoms with Gasteiger partial charge in [-0.05, 0) is 99.0 Å². The number of rotatable bonds is 13. The number of amides is 2.